The summed E-state index contributed by atoms with van der Waals surface area (Å²) in [5, 5.41) is 0. The number of hydrogen-bond acceptors (Lipinski definition) is 4. The molecule has 2 aromatic rings. The van der Waals surface area contributed by atoms with E-state index >= 15 is 0 Å². The number of hydrogen-bond donors (Lipinski definition) is 0. The summed E-state index contributed by atoms with van der Waals surface area (Å²) in [7, 11) is 0. The molecule has 1 unspecified atom stereocenters. The van der Waals surface area contributed by atoms with Gasteiger partial charge in [0.15, 0.2) is 40.8 Å². The third-order valence-corrected chi connectivity index (χ3v) is 3.84. The fourth-order valence-electron chi connectivity index (χ4n) is 2.40. The molecule has 154 valence electrons. The Morgan fingerprint density at radius 1 is 1.03 bits per heavy atom. The van der Waals surface area contributed by atoms with Crippen molar-refractivity contribution in [2.45, 2.75) is 13.8 Å². The second-order valence-corrected chi connectivity index (χ2v) is 5.72. The number of rotatable bonds is 6. The van der Waals surface area contributed by atoms with Crippen LogP contribution in [0.1, 0.15) is 22.8 Å². The normalized spacial score (nSPS) is 12.3. The Morgan fingerprint density at radius 3 is 2.24 bits per heavy atom. The van der Waals surface area contributed by atoms with Crippen LogP contribution in [-0.4, -0.2) is 24.6 Å². The van der Waals surface area contributed by atoms with Gasteiger partial charge in [0.05, 0.1) is 17.9 Å². The highest BCUT2D eigenvalue weighted by atomic mass is 19.2. The van der Waals surface area contributed by atoms with Gasteiger partial charge in [0.2, 0.25) is 0 Å². The van der Waals surface area contributed by atoms with Gasteiger partial charge in [-0.2, -0.15) is 0 Å². The number of benzene rings is 2. The molecule has 0 N–H and O–H groups in total. The van der Waals surface area contributed by atoms with Crippen LogP contribution in [-0.2, 0) is 9.53 Å². The van der Waals surface area contributed by atoms with E-state index in [0.717, 1.165) is 19.1 Å². The number of ether oxygens (including phenoxy) is 1. The number of esters is 1. The van der Waals surface area contributed by atoms with Crippen LogP contribution in [0.25, 0.3) is 0 Å². The maximum Gasteiger partial charge on any atom is 0.322 e. The molecule has 0 aliphatic rings. The van der Waals surface area contributed by atoms with Crippen molar-refractivity contribution in [1.82, 2.24) is 0 Å². The minimum atomic E-state index is -2.24. The molecule has 29 heavy (non-hydrogen) atoms. The maximum atomic E-state index is 14.1. The van der Waals surface area contributed by atoms with Crippen LogP contribution in [0.4, 0.5) is 32.0 Å². The molecule has 2 rings (SSSR count). The summed E-state index contributed by atoms with van der Waals surface area (Å²) in [5.41, 5.74) is -2.56. The van der Waals surface area contributed by atoms with Crippen molar-refractivity contribution in [2.24, 2.45) is 10.9 Å². The van der Waals surface area contributed by atoms with Crippen molar-refractivity contribution in [3.63, 3.8) is 0 Å². The quantitative estimate of drug-likeness (QED) is 0.131. The summed E-state index contributed by atoms with van der Waals surface area (Å²) in [6, 6.07) is 2.24. The van der Waals surface area contributed by atoms with Crippen LogP contribution in [0.3, 0.4) is 0 Å². The lowest BCUT2D eigenvalue weighted by molar-refractivity contribution is -0.143. The summed E-state index contributed by atoms with van der Waals surface area (Å²) in [6.07, 6.45) is 0.564. The van der Waals surface area contributed by atoms with E-state index in [0.29, 0.717) is 12.3 Å². The largest absolute Gasteiger partial charge is 0.465 e. The van der Waals surface area contributed by atoms with E-state index < -0.39 is 69.4 Å². The SMILES string of the molecule is CCOC(=O)C(C=Nc1ccc(F)cc1F)C(=O)c1c(C)c(F)c(F)c(F)c1F. The smallest absolute Gasteiger partial charge is 0.322 e. The molecule has 0 fully saturated rings. The fourth-order valence-corrected chi connectivity index (χ4v) is 2.40. The van der Waals surface area contributed by atoms with Gasteiger partial charge in [0.1, 0.15) is 5.82 Å². The van der Waals surface area contributed by atoms with E-state index in [2.05, 4.69) is 9.73 Å². The van der Waals surface area contributed by atoms with Gasteiger partial charge in [-0.1, -0.05) is 0 Å². The Kier molecular flexibility index (Phi) is 6.78. The van der Waals surface area contributed by atoms with Crippen LogP contribution < -0.4 is 0 Å². The van der Waals surface area contributed by atoms with Gasteiger partial charge in [0, 0.05) is 17.8 Å². The molecular formula is C19H13F6NO3. The number of aliphatic imine (C=N–C) groups is 1. The lowest BCUT2D eigenvalue weighted by Gasteiger charge is -2.14. The summed E-state index contributed by atoms with van der Waals surface area (Å²) in [6.45, 7) is 1.99. The first kappa shape index (κ1) is 22.1. The van der Waals surface area contributed by atoms with Gasteiger partial charge in [-0.25, -0.2) is 26.3 Å². The molecule has 0 saturated carbocycles. The van der Waals surface area contributed by atoms with E-state index in [-0.39, 0.29) is 6.61 Å². The van der Waals surface area contributed by atoms with Gasteiger partial charge >= 0.3 is 5.97 Å². The van der Waals surface area contributed by atoms with Crippen LogP contribution in [0.5, 0.6) is 0 Å². The first-order chi connectivity index (χ1) is 13.6. The Hall–Kier alpha value is -3.17. The van der Waals surface area contributed by atoms with E-state index in [1.54, 1.807) is 0 Å². The van der Waals surface area contributed by atoms with Gasteiger partial charge in [-0.05, 0) is 26.0 Å². The van der Waals surface area contributed by atoms with E-state index in [1.165, 1.54) is 6.92 Å². The minimum Gasteiger partial charge on any atom is -0.465 e. The number of carbonyl (C=O) groups excluding carboxylic acids is 2. The Bertz CT molecular complexity index is 977. The predicted molar refractivity (Wildman–Crippen MR) is 90.0 cm³/mol. The molecule has 0 saturated heterocycles. The zero-order valence-electron chi connectivity index (χ0n) is 15.0. The lowest BCUT2D eigenvalue weighted by Crippen LogP contribution is -2.29. The van der Waals surface area contributed by atoms with Crippen molar-refractivity contribution in [3.05, 3.63) is 64.2 Å². The second kappa shape index (κ2) is 8.89. The van der Waals surface area contributed by atoms with Crippen LogP contribution in [0.15, 0.2) is 23.2 Å². The first-order valence-corrected chi connectivity index (χ1v) is 8.12. The molecule has 0 heterocycles. The average Bonchev–Trinajstić information content (AvgIpc) is 2.67. The maximum absolute atomic E-state index is 14.1. The second-order valence-electron chi connectivity index (χ2n) is 5.72. The van der Waals surface area contributed by atoms with E-state index in [1.807, 2.05) is 0 Å². The van der Waals surface area contributed by atoms with Gasteiger partial charge in [-0.15, -0.1) is 0 Å². The minimum absolute atomic E-state index is 0.213. The predicted octanol–water partition coefficient (Wildman–Crippen LogP) is 4.59. The van der Waals surface area contributed by atoms with Crippen molar-refractivity contribution in [2.75, 3.05) is 6.61 Å². The molecule has 0 aliphatic carbocycles. The lowest BCUT2D eigenvalue weighted by atomic mass is 9.94. The molecule has 10 heteroatoms. The van der Waals surface area contributed by atoms with Gasteiger partial charge in [-0.3, -0.25) is 14.6 Å². The summed E-state index contributed by atoms with van der Waals surface area (Å²) >= 11 is 0. The van der Waals surface area contributed by atoms with Gasteiger partial charge < -0.3 is 4.74 Å². The van der Waals surface area contributed by atoms with E-state index in [9.17, 15) is 35.9 Å². The molecule has 0 aliphatic heterocycles. The topological polar surface area (TPSA) is 55.7 Å². The Labute approximate surface area is 160 Å². The number of Topliss-reactive ketones (excluding diaryl/α,β-unsaturated/α-hetero) is 1. The third-order valence-electron chi connectivity index (χ3n) is 3.84. The van der Waals surface area contributed by atoms with Gasteiger partial charge in [0.25, 0.3) is 0 Å². The highest BCUT2D eigenvalue weighted by Gasteiger charge is 2.34. The van der Waals surface area contributed by atoms with Crippen LogP contribution in [0.2, 0.25) is 0 Å². The number of nitrogens with zero attached hydrogens (tertiary/aromatic N) is 1. The molecule has 4 nitrogen and oxygen atoms in total. The molecule has 0 spiro atoms. The monoisotopic (exact) mass is 417 g/mol. The third kappa shape index (κ3) is 4.47. The van der Waals surface area contributed by atoms with Crippen LogP contribution >= 0.6 is 0 Å². The van der Waals surface area contributed by atoms with Crippen molar-refractivity contribution in [3.8, 4) is 0 Å². The Balaban J connectivity index is 2.55. The van der Waals surface area contributed by atoms with E-state index in [4.69, 9.17) is 0 Å². The molecule has 1 atom stereocenters. The van der Waals surface area contributed by atoms with Crippen molar-refractivity contribution < 1.29 is 40.7 Å². The zero-order chi connectivity index (χ0) is 21.9. The molecular weight excluding hydrogens is 404 g/mol. The highest BCUT2D eigenvalue weighted by Crippen LogP contribution is 2.26. The standard InChI is InChI=1S/C19H13F6NO3/c1-3-29-19(28)10(7-26-12-5-4-9(20)6-11(12)21)18(27)13-8(2)14(22)16(24)17(25)15(13)23/h4-7,10H,3H2,1-2H3. The number of ketones is 1. The molecule has 0 aromatic heterocycles. The Morgan fingerprint density at radius 2 is 1.66 bits per heavy atom. The van der Waals surface area contributed by atoms with Crippen LogP contribution in [0, 0.1) is 47.7 Å². The summed E-state index contributed by atoms with van der Waals surface area (Å²) < 4.78 is 86.1. The zero-order valence-corrected chi connectivity index (χ0v) is 15.0. The molecule has 0 amide bonds. The molecule has 0 radical (unpaired) electrons. The van der Waals surface area contributed by atoms with Crippen molar-refractivity contribution in [1.29, 1.82) is 0 Å². The number of halogens is 6. The van der Waals surface area contributed by atoms with Crippen molar-refractivity contribution >= 4 is 23.7 Å². The first-order valence-electron chi connectivity index (χ1n) is 8.12. The fraction of sp³-hybridized carbons (Fsp3) is 0.211. The summed E-state index contributed by atoms with van der Waals surface area (Å²) in [5.74, 6) is -15.0. The summed E-state index contributed by atoms with van der Waals surface area (Å²) in [4.78, 5) is 28.3. The molecule has 2 aromatic carbocycles. The molecule has 0 bridgehead atoms. The average molecular weight is 417 g/mol. The number of carbonyl (C=O) groups is 2. The highest BCUT2D eigenvalue weighted by molar-refractivity contribution is 6.19.